The fourth-order valence-electron chi connectivity index (χ4n) is 1.08. The van der Waals surface area contributed by atoms with Crippen LogP contribution in [0.4, 0.5) is 13.2 Å². The quantitative estimate of drug-likeness (QED) is 0.368. The zero-order valence-electron chi connectivity index (χ0n) is 8.91. The van der Waals surface area contributed by atoms with Crippen LogP contribution < -0.4 is 0 Å². The van der Waals surface area contributed by atoms with Crippen molar-refractivity contribution in [2.24, 2.45) is 0 Å². The van der Waals surface area contributed by atoms with Crippen molar-refractivity contribution in [2.45, 2.75) is 11.6 Å². The first-order chi connectivity index (χ1) is 8.31. The standard InChI is InChI=1S/C11H8ClF3O3/c12-8(10(17)18-6-11(13,14)15)9(16)7-4-2-1-3-5-7/h1-5,8H,6H2. The zero-order chi connectivity index (χ0) is 13.8. The molecule has 0 fully saturated rings. The number of rotatable bonds is 4. The molecule has 0 aromatic heterocycles. The number of ether oxygens (including phenoxy) is 1. The van der Waals surface area contributed by atoms with Crippen LogP contribution in [0.1, 0.15) is 10.4 Å². The maximum Gasteiger partial charge on any atom is 0.422 e. The molecule has 1 unspecified atom stereocenters. The number of carbonyl (C=O) groups excluding carboxylic acids is 2. The summed E-state index contributed by atoms with van der Waals surface area (Å²) in [5.41, 5.74) is 0.126. The molecule has 0 radical (unpaired) electrons. The van der Waals surface area contributed by atoms with Gasteiger partial charge in [-0.25, -0.2) is 4.79 Å². The normalized spacial score (nSPS) is 12.9. The third-order valence-electron chi connectivity index (χ3n) is 1.87. The van der Waals surface area contributed by atoms with Crippen molar-refractivity contribution in [3.05, 3.63) is 35.9 Å². The number of esters is 1. The molecule has 0 bridgehead atoms. The predicted molar refractivity (Wildman–Crippen MR) is 57.4 cm³/mol. The Hall–Kier alpha value is -1.56. The van der Waals surface area contributed by atoms with E-state index >= 15 is 0 Å². The van der Waals surface area contributed by atoms with E-state index in [2.05, 4.69) is 4.74 Å². The van der Waals surface area contributed by atoms with Crippen LogP contribution in [-0.4, -0.2) is 29.9 Å². The summed E-state index contributed by atoms with van der Waals surface area (Å²) in [6, 6.07) is 7.52. The highest BCUT2D eigenvalue weighted by molar-refractivity contribution is 6.43. The average Bonchev–Trinajstić information content (AvgIpc) is 2.34. The van der Waals surface area contributed by atoms with E-state index in [0.29, 0.717) is 0 Å². The maximum absolute atomic E-state index is 11.8. The minimum atomic E-state index is -4.65. The van der Waals surface area contributed by atoms with Gasteiger partial charge in [0.2, 0.25) is 0 Å². The average molecular weight is 281 g/mol. The van der Waals surface area contributed by atoms with Crippen molar-refractivity contribution in [3.63, 3.8) is 0 Å². The van der Waals surface area contributed by atoms with Crippen molar-refractivity contribution >= 4 is 23.4 Å². The van der Waals surface area contributed by atoms with Crippen LogP contribution in [-0.2, 0) is 9.53 Å². The highest BCUT2D eigenvalue weighted by Crippen LogP contribution is 2.16. The van der Waals surface area contributed by atoms with Crippen LogP contribution in [0.3, 0.4) is 0 Å². The molecule has 0 saturated carbocycles. The number of ketones is 1. The summed E-state index contributed by atoms with van der Waals surface area (Å²) in [5.74, 6) is -2.22. The first-order valence-corrected chi connectivity index (χ1v) is 5.21. The second-order valence-electron chi connectivity index (χ2n) is 3.32. The van der Waals surface area contributed by atoms with Crippen LogP contribution in [0.5, 0.6) is 0 Å². The lowest BCUT2D eigenvalue weighted by atomic mass is 10.1. The van der Waals surface area contributed by atoms with E-state index in [9.17, 15) is 22.8 Å². The third kappa shape index (κ3) is 4.37. The van der Waals surface area contributed by atoms with Gasteiger partial charge in [-0.05, 0) is 0 Å². The Kier molecular flexibility index (Phi) is 4.72. The van der Waals surface area contributed by atoms with Crippen molar-refractivity contribution in [1.82, 2.24) is 0 Å². The lowest BCUT2D eigenvalue weighted by molar-refractivity contribution is -0.185. The molecule has 1 rings (SSSR count). The van der Waals surface area contributed by atoms with Gasteiger partial charge in [-0.1, -0.05) is 30.3 Å². The molecule has 0 heterocycles. The number of carbonyl (C=O) groups is 2. The summed E-state index contributed by atoms with van der Waals surface area (Å²) in [4.78, 5) is 22.7. The molecule has 18 heavy (non-hydrogen) atoms. The molecule has 0 amide bonds. The molecule has 98 valence electrons. The number of Topliss-reactive ketones (excluding diaryl/α,β-unsaturated/α-hetero) is 1. The summed E-state index contributed by atoms with van der Waals surface area (Å²) in [6.07, 6.45) is -4.65. The minimum Gasteiger partial charge on any atom is -0.455 e. The second kappa shape index (κ2) is 5.86. The van der Waals surface area contributed by atoms with Gasteiger partial charge in [0.15, 0.2) is 17.8 Å². The van der Waals surface area contributed by atoms with Crippen molar-refractivity contribution in [3.8, 4) is 0 Å². The Labute approximate surface area is 105 Å². The van der Waals surface area contributed by atoms with Gasteiger partial charge >= 0.3 is 12.1 Å². The topological polar surface area (TPSA) is 43.4 Å². The Balaban J connectivity index is 2.62. The molecule has 1 aromatic rings. The highest BCUT2D eigenvalue weighted by atomic mass is 35.5. The number of benzene rings is 1. The summed E-state index contributed by atoms with van der Waals surface area (Å²) < 4.78 is 39.3. The van der Waals surface area contributed by atoms with E-state index in [1.165, 1.54) is 24.3 Å². The molecular weight excluding hydrogens is 273 g/mol. The number of halogens is 4. The predicted octanol–water partition coefficient (Wildman–Crippen LogP) is 2.58. The van der Waals surface area contributed by atoms with E-state index in [1.54, 1.807) is 6.07 Å². The summed E-state index contributed by atoms with van der Waals surface area (Å²) in [7, 11) is 0. The molecular formula is C11H8ClF3O3. The zero-order valence-corrected chi connectivity index (χ0v) is 9.66. The van der Waals surface area contributed by atoms with Gasteiger partial charge in [0.1, 0.15) is 0 Å². The lowest BCUT2D eigenvalue weighted by Crippen LogP contribution is -2.30. The van der Waals surface area contributed by atoms with Crippen molar-refractivity contribution < 1.29 is 27.5 Å². The molecule has 7 heteroatoms. The molecule has 3 nitrogen and oxygen atoms in total. The molecule has 0 aliphatic rings. The van der Waals surface area contributed by atoms with Crippen LogP contribution in [0, 0.1) is 0 Å². The first-order valence-electron chi connectivity index (χ1n) is 4.78. The summed E-state index contributed by atoms with van der Waals surface area (Å²) >= 11 is 5.45. The molecule has 0 saturated heterocycles. The van der Waals surface area contributed by atoms with Gasteiger partial charge in [0.05, 0.1) is 0 Å². The van der Waals surface area contributed by atoms with E-state index in [0.717, 1.165) is 0 Å². The Morgan fingerprint density at radius 1 is 1.22 bits per heavy atom. The molecule has 0 spiro atoms. The van der Waals surface area contributed by atoms with Crippen molar-refractivity contribution in [1.29, 1.82) is 0 Å². The highest BCUT2D eigenvalue weighted by Gasteiger charge is 2.33. The van der Waals surface area contributed by atoms with Gasteiger partial charge in [0, 0.05) is 5.56 Å². The Morgan fingerprint density at radius 2 is 1.78 bits per heavy atom. The molecule has 1 aromatic carbocycles. The Bertz CT molecular complexity index is 431. The minimum absolute atomic E-state index is 0.126. The van der Waals surface area contributed by atoms with Gasteiger partial charge in [-0.3, -0.25) is 4.79 Å². The summed E-state index contributed by atoms with van der Waals surface area (Å²) in [5, 5.41) is -1.78. The van der Waals surface area contributed by atoms with Gasteiger partial charge < -0.3 is 4.74 Å². The Morgan fingerprint density at radius 3 is 2.28 bits per heavy atom. The smallest absolute Gasteiger partial charge is 0.422 e. The van der Waals surface area contributed by atoms with E-state index in [1.807, 2.05) is 0 Å². The number of hydrogen-bond donors (Lipinski definition) is 0. The monoisotopic (exact) mass is 280 g/mol. The number of alkyl halides is 4. The van der Waals surface area contributed by atoms with Crippen LogP contribution in [0.2, 0.25) is 0 Å². The SMILES string of the molecule is O=C(OCC(F)(F)F)C(Cl)C(=O)c1ccccc1. The molecule has 0 aliphatic heterocycles. The van der Waals surface area contributed by atoms with Crippen LogP contribution in [0.25, 0.3) is 0 Å². The van der Waals surface area contributed by atoms with E-state index in [4.69, 9.17) is 11.6 Å². The van der Waals surface area contributed by atoms with E-state index in [-0.39, 0.29) is 5.56 Å². The molecule has 0 aliphatic carbocycles. The molecule has 0 N–H and O–H groups in total. The third-order valence-corrected chi connectivity index (χ3v) is 2.25. The van der Waals surface area contributed by atoms with Crippen molar-refractivity contribution in [2.75, 3.05) is 6.61 Å². The molecule has 1 atom stereocenters. The largest absolute Gasteiger partial charge is 0.455 e. The lowest BCUT2D eigenvalue weighted by Gasteiger charge is -2.10. The number of hydrogen-bond acceptors (Lipinski definition) is 3. The van der Waals surface area contributed by atoms with Gasteiger partial charge in [-0.15, -0.1) is 11.6 Å². The van der Waals surface area contributed by atoms with E-state index < -0.39 is 29.9 Å². The fraction of sp³-hybridized carbons (Fsp3) is 0.273. The van der Waals surface area contributed by atoms with Gasteiger partial charge in [0.25, 0.3) is 0 Å². The summed E-state index contributed by atoms with van der Waals surface area (Å²) in [6.45, 7) is -1.77. The fourth-order valence-corrected chi connectivity index (χ4v) is 1.27. The second-order valence-corrected chi connectivity index (χ2v) is 3.75. The first kappa shape index (κ1) is 14.5. The maximum atomic E-state index is 11.8. The van der Waals surface area contributed by atoms with Crippen LogP contribution in [0.15, 0.2) is 30.3 Å². The van der Waals surface area contributed by atoms with Gasteiger partial charge in [-0.2, -0.15) is 13.2 Å². The van der Waals surface area contributed by atoms with Crippen LogP contribution >= 0.6 is 11.6 Å².